The van der Waals surface area contributed by atoms with E-state index >= 15 is 0 Å². The number of carbonyl (C=O) groups is 1. The van der Waals surface area contributed by atoms with Gasteiger partial charge in [-0.05, 0) is 36.6 Å². The van der Waals surface area contributed by atoms with Crippen molar-refractivity contribution in [3.8, 4) is 0 Å². The van der Waals surface area contributed by atoms with Crippen LogP contribution < -0.4 is 9.62 Å². The van der Waals surface area contributed by atoms with Gasteiger partial charge in [-0.25, -0.2) is 17.2 Å². The first kappa shape index (κ1) is 19.8. The van der Waals surface area contributed by atoms with Crippen LogP contribution in [0.25, 0.3) is 0 Å². The minimum atomic E-state index is -4.08. The maximum absolute atomic E-state index is 14.0. The quantitative estimate of drug-likeness (QED) is 0.834. The number of carbonyl (C=O) groups excluding carboxylic acids is 1. The number of sulfonamides is 1. The third-order valence-corrected chi connectivity index (χ3v) is 4.99. The van der Waals surface area contributed by atoms with Crippen molar-refractivity contribution in [1.29, 1.82) is 0 Å². The van der Waals surface area contributed by atoms with Gasteiger partial charge in [0.2, 0.25) is 15.9 Å². The number of hydrogen-bond acceptors (Lipinski definition) is 3. The van der Waals surface area contributed by atoms with Crippen LogP contribution in [0.5, 0.6) is 0 Å². The Balaban J connectivity index is 2.35. The Labute approximate surface area is 151 Å². The summed E-state index contributed by atoms with van der Waals surface area (Å²) in [6, 6.07) is 8.49. The molecule has 0 aliphatic heterocycles. The molecule has 140 valence electrons. The van der Waals surface area contributed by atoms with E-state index in [1.165, 1.54) is 0 Å². The van der Waals surface area contributed by atoms with E-state index in [9.17, 15) is 22.0 Å². The van der Waals surface area contributed by atoms with Gasteiger partial charge >= 0.3 is 0 Å². The summed E-state index contributed by atoms with van der Waals surface area (Å²) in [5, 5.41) is 2.65. The minimum Gasteiger partial charge on any atom is -0.324 e. The first-order valence-corrected chi connectivity index (χ1v) is 9.80. The Morgan fingerprint density at radius 2 is 1.69 bits per heavy atom. The van der Waals surface area contributed by atoms with Gasteiger partial charge in [0.15, 0.2) is 11.6 Å². The van der Waals surface area contributed by atoms with E-state index in [0.29, 0.717) is 16.4 Å². The van der Waals surface area contributed by atoms with Crippen molar-refractivity contribution >= 4 is 27.3 Å². The van der Waals surface area contributed by atoms with Gasteiger partial charge in [0.05, 0.1) is 6.26 Å². The normalized spacial score (nSPS) is 11.3. The average Bonchev–Trinajstić information content (AvgIpc) is 2.54. The predicted molar refractivity (Wildman–Crippen MR) is 97.7 cm³/mol. The molecule has 0 unspecified atom stereocenters. The van der Waals surface area contributed by atoms with Crippen molar-refractivity contribution < 1.29 is 22.0 Å². The molecule has 26 heavy (non-hydrogen) atoms. The summed E-state index contributed by atoms with van der Waals surface area (Å²) in [4.78, 5) is 12.4. The number of rotatable bonds is 6. The number of halogens is 2. The first-order valence-electron chi connectivity index (χ1n) is 7.95. The lowest BCUT2D eigenvalue weighted by molar-refractivity contribution is -0.114. The molecular weight excluding hydrogens is 362 g/mol. The SMILES string of the molecule is CCc1cccc(C)c1NC(=O)CN(c1c(F)cccc1F)S(C)(=O)=O. The number of anilines is 2. The number of benzene rings is 2. The summed E-state index contributed by atoms with van der Waals surface area (Å²) in [5.74, 6) is -2.82. The second-order valence-electron chi connectivity index (χ2n) is 5.85. The lowest BCUT2D eigenvalue weighted by atomic mass is 10.1. The van der Waals surface area contributed by atoms with Gasteiger partial charge < -0.3 is 5.32 Å². The minimum absolute atomic E-state index is 0.427. The Morgan fingerprint density at radius 1 is 1.12 bits per heavy atom. The van der Waals surface area contributed by atoms with E-state index in [2.05, 4.69) is 5.32 Å². The molecule has 2 rings (SSSR count). The van der Waals surface area contributed by atoms with Crippen LogP contribution in [-0.2, 0) is 21.2 Å². The van der Waals surface area contributed by atoms with Crippen molar-refractivity contribution in [1.82, 2.24) is 0 Å². The second-order valence-corrected chi connectivity index (χ2v) is 7.76. The molecule has 1 N–H and O–H groups in total. The molecule has 0 radical (unpaired) electrons. The molecule has 0 atom stereocenters. The third-order valence-electron chi connectivity index (χ3n) is 3.88. The molecule has 0 aromatic heterocycles. The number of para-hydroxylation sites is 2. The maximum atomic E-state index is 14.0. The summed E-state index contributed by atoms with van der Waals surface area (Å²) in [6.07, 6.45) is 1.45. The van der Waals surface area contributed by atoms with Crippen LogP contribution in [0.3, 0.4) is 0 Å². The van der Waals surface area contributed by atoms with Gasteiger partial charge in [-0.3, -0.25) is 9.10 Å². The summed E-state index contributed by atoms with van der Waals surface area (Å²) < 4.78 is 52.5. The Bertz CT molecular complexity index is 910. The summed E-state index contributed by atoms with van der Waals surface area (Å²) in [7, 11) is -4.08. The molecule has 0 aliphatic carbocycles. The van der Waals surface area contributed by atoms with Crippen molar-refractivity contribution in [3.05, 3.63) is 59.2 Å². The van der Waals surface area contributed by atoms with Crippen molar-refractivity contribution in [3.63, 3.8) is 0 Å². The standard InChI is InChI=1S/C18H20F2N2O3S/c1-4-13-8-5-7-12(2)17(13)21-16(23)11-22(26(3,24)25)18-14(19)9-6-10-15(18)20/h5-10H,4,11H2,1-3H3,(H,21,23). The zero-order valence-electron chi connectivity index (χ0n) is 14.7. The topological polar surface area (TPSA) is 66.5 Å². The molecule has 0 fully saturated rings. The Kier molecular flexibility index (Phi) is 5.97. The molecule has 5 nitrogen and oxygen atoms in total. The average molecular weight is 382 g/mol. The molecule has 0 aliphatic rings. The van der Waals surface area contributed by atoms with Crippen LogP contribution in [-0.4, -0.2) is 27.1 Å². The van der Waals surface area contributed by atoms with E-state index in [0.717, 1.165) is 35.6 Å². The number of nitrogens with one attached hydrogen (secondary N) is 1. The number of aryl methyl sites for hydroxylation is 2. The number of amides is 1. The second kappa shape index (κ2) is 7.82. The molecule has 8 heteroatoms. The molecule has 0 saturated heterocycles. The zero-order valence-corrected chi connectivity index (χ0v) is 15.5. The van der Waals surface area contributed by atoms with Gasteiger partial charge in [-0.2, -0.15) is 0 Å². The highest BCUT2D eigenvalue weighted by molar-refractivity contribution is 7.92. The van der Waals surface area contributed by atoms with Crippen LogP contribution in [0.2, 0.25) is 0 Å². The van der Waals surface area contributed by atoms with E-state index in [4.69, 9.17) is 0 Å². The fourth-order valence-corrected chi connectivity index (χ4v) is 3.46. The molecule has 0 saturated carbocycles. The zero-order chi connectivity index (χ0) is 19.5. The highest BCUT2D eigenvalue weighted by Crippen LogP contribution is 2.26. The fourth-order valence-electron chi connectivity index (χ4n) is 2.60. The lowest BCUT2D eigenvalue weighted by Crippen LogP contribution is -2.38. The summed E-state index contributed by atoms with van der Waals surface area (Å²) in [6.45, 7) is 2.98. The van der Waals surface area contributed by atoms with Crippen LogP contribution in [0.1, 0.15) is 18.1 Å². The molecule has 2 aromatic carbocycles. The Hall–Kier alpha value is -2.48. The van der Waals surface area contributed by atoms with Crippen molar-refractivity contribution in [2.24, 2.45) is 0 Å². The summed E-state index contributed by atoms with van der Waals surface area (Å²) >= 11 is 0. The van der Waals surface area contributed by atoms with E-state index in [-0.39, 0.29) is 0 Å². The van der Waals surface area contributed by atoms with Gasteiger partial charge in [0.25, 0.3) is 0 Å². The van der Waals surface area contributed by atoms with Crippen LogP contribution >= 0.6 is 0 Å². The van der Waals surface area contributed by atoms with Crippen molar-refractivity contribution in [2.75, 3.05) is 22.4 Å². The first-order chi connectivity index (χ1) is 12.1. The predicted octanol–water partition coefficient (Wildman–Crippen LogP) is 3.24. The largest absolute Gasteiger partial charge is 0.324 e. The van der Waals surface area contributed by atoms with Crippen LogP contribution in [0.4, 0.5) is 20.2 Å². The molecule has 2 aromatic rings. The highest BCUT2D eigenvalue weighted by atomic mass is 32.2. The fraction of sp³-hybridized carbons (Fsp3) is 0.278. The monoisotopic (exact) mass is 382 g/mol. The molecule has 0 heterocycles. The maximum Gasteiger partial charge on any atom is 0.245 e. The lowest BCUT2D eigenvalue weighted by Gasteiger charge is -2.23. The van der Waals surface area contributed by atoms with Gasteiger partial charge in [-0.15, -0.1) is 0 Å². The molecule has 0 bridgehead atoms. The number of hydrogen-bond donors (Lipinski definition) is 1. The smallest absolute Gasteiger partial charge is 0.245 e. The van der Waals surface area contributed by atoms with Gasteiger partial charge in [-0.1, -0.05) is 31.2 Å². The number of nitrogens with zero attached hydrogens (tertiary/aromatic N) is 1. The van der Waals surface area contributed by atoms with E-state index < -0.39 is 39.8 Å². The Morgan fingerprint density at radius 3 is 2.23 bits per heavy atom. The van der Waals surface area contributed by atoms with Crippen LogP contribution in [0.15, 0.2) is 36.4 Å². The van der Waals surface area contributed by atoms with Gasteiger partial charge in [0, 0.05) is 5.69 Å². The van der Waals surface area contributed by atoms with Gasteiger partial charge in [0.1, 0.15) is 12.2 Å². The molecule has 0 spiro atoms. The van der Waals surface area contributed by atoms with E-state index in [1.54, 1.807) is 13.0 Å². The van der Waals surface area contributed by atoms with Crippen LogP contribution in [0, 0.1) is 18.6 Å². The summed E-state index contributed by atoms with van der Waals surface area (Å²) in [5.41, 5.74) is 1.48. The molecule has 1 amide bonds. The van der Waals surface area contributed by atoms with Crippen molar-refractivity contribution in [2.45, 2.75) is 20.3 Å². The molecular formula is C18H20F2N2O3S. The van der Waals surface area contributed by atoms with E-state index in [1.807, 2.05) is 19.1 Å². The highest BCUT2D eigenvalue weighted by Gasteiger charge is 2.27. The third kappa shape index (κ3) is 4.37.